The van der Waals surface area contributed by atoms with Gasteiger partial charge in [0.05, 0.1) is 12.1 Å². The van der Waals surface area contributed by atoms with Gasteiger partial charge < -0.3 is 5.11 Å². The number of nitrogens with zero attached hydrogens (tertiary/aromatic N) is 1. The highest BCUT2D eigenvalue weighted by Gasteiger charge is 2.09. The molecule has 0 amide bonds. The van der Waals surface area contributed by atoms with Crippen molar-refractivity contribution in [3.63, 3.8) is 0 Å². The Balaban J connectivity index is 2.09. The molecule has 0 saturated carbocycles. The normalized spacial score (nSPS) is 10.7. The molecule has 0 aliphatic heterocycles. The monoisotopic (exact) mass is 269 g/mol. The van der Waals surface area contributed by atoms with Crippen LogP contribution < -0.4 is 0 Å². The molecule has 2 aromatic carbocycles. The first-order valence-electron chi connectivity index (χ1n) is 5.88. The average Bonchev–Trinajstić information content (AvgIpc) is 2.85. The topological polar surface area (TPSA) is 50.2 Å². The summed E-state index contributed by atoms with van der Waals surface area (Å²) in [5, 5.41) is 13.6. The lowest BCUT2D eigenvalue weighted by Gasteiger charge is -2.03. The van der Waals surface area contributed by atoms with Crippen LogP contribution in [-0.4, -0.2) is 16.1 Å². The van der Waals surface area contributed by atoms with Gasteiger partial charge in [0.25, 0.3) is 0 Å². The molecule has 3 aromatic rings. The zero-order valence-electron chi connectivity index (χ0n) is 10.0. The number of benzene rings is 2. The van der Waals surface area contributed by atoms with Crippen LogP contribution in [-0.2, 0) is 11.2 Å². The predicted molar refractivity (Wildman–Crippen MR) is 76.4 cm³/mol. The summed E-state index contributed by atoms with van der Waals surface area (Å²) in [4.78, 5) is 15.1. The SMILES string of the molecule is O=C(O)Cc1nc(-c2cccc3ccccc23)cs1. The van der Waals surface area contributed by atoms with Gasteiger partial charge in [-0.15, -0.1) is 11.3 Å². The molecule has 1 N–H and O–H groups in total. The molecule has 3 rings (SSSR count). The first-order valence-corrected chi connectivity index (χ1v) is 6.76. The van der Waals surface area contributed by atoms with Gasteiger partial charge in [-0.1, -0.05) is 42.5 Å². The molecule has 4 heteroatoms. The predicted octanol–water partition coefficient (Wildman–Crippen LogP) is 3.59. The second kappa shape index (κ2) is 4.82. The average molecular weight is 269 g/mol. The summed E-state index contributed by atoms with van der Waals surface area (Å²) >= 11 is 1.39. The van der Waals surface area contributed by atoms with Crippen molar-refractivity contribution in [1.29, 1.82) is 0 Å². The van der Waals surface area contributed by atoms with Crippen LogP contribution in [0.5, 0.6) is 0 Å². The number of hydrogen-bond acceptors (Lipinski definition) is 3. The highest BCUT2D eigenvalue weighted by Crippen LogP contribution is 2.29. The number of fused-ring (bicyclic) bond motifs is 1. The van der Waals surface area contributed by atoms with E-state index >= 15 is 0 Å². The first kappa shape index (κ1) is 11.9. The highest BCUT2D eigenvalue weighted by molar-refractivity contribution is 7.10. The fraction of sp³-hybridized carbons (Fsp3) is 0.0667. The summed E-state index contributed by atoms with van der Waals surface area (Å²) in [6, 6.07) is 14.2. The van der Waals surface area contributed by atoms with E-state index < -0.39 is 5.97 Å². The molecule has 94 valence electrons. The van der Waals surface area contributed by atoms with Crippen LogP contribution in [0.3, 0.4) is 0 Å². The van der Waals surface area contributed by atoms with E-state index in [2.05, 4.69) is 23.2 Å². The molecule has 0 radical (unpaired) electrons. The lowest BCUT2D eigenvalue weighted by molar-refractivity contribution is -0.136. The van der Waals surface area contributed by atoms with Crippen molar-refractivity contribution in [2.45, 2.75) is 6.42 Å². The smallest absolute Gasteiger partial charge is 0.310 e. The van der Waals surface area contributed by atoms with Gasteiger partial charge in [0.2, 0.25) is 0 Å². The molecular formula is C15H11NO2S. The summed E-state index contributed by atoms with van der Waals surface area (Å²) in [5.41, 5.74) is 1.89. The number of rotatable bonds is 3. The van der Waals surface area contributed by atoms with E-state index in [0.717, 1.165) is 22.0 Å². The minimum absolute atomic E-state index is 0.0184. The number of hydrogen-bond donors (Lipinski definition) is 1. The molecule has 3 nitrogen and oxygen atoms in total. The molecule has 0 aliphatic rings. The summed E-state index contributed by atoms with van der Waals surface area (Å²) in [6.45, 7) is 0. The van der Waals surface area contributed by atoms with Gasteiger partial charge in [-0.2, -0.15) is 0 Å². The molecule has 0 unspecified atom stereocenters. The van der Waals surface area contributed by atoms with Crippen LogP contribution in [0.4, 0.5) is 0 Å². The molecule has 0 bridgehead atoms. The second-order valence-electron chi connectivity index (χ2n) is 4.22. The third kappa shape index (κ3) is 2.35. The third-order valence-corrected chi connectivity index (χ3v) is 3.77. The van der Waals surface area contributed by atoms with Crippen LogP contribution in [0.15, 0.2) is 47.8 Å². The Bertz CT molecular complexity index is 743. The van der Waals surface area contributed by atoms with E-state index in [4.69, 9.17) is 5.11 Å². The van der Waals surface area contributed by atoms with Crippen molar-refractivity contribution < 1.29 is 9.90 Å². The Morgan fingerprint density at radius 2 is 1.95 bits per heavy atom. The van der Waals surface area contributed by atoms with Crippen molar-refractivity contribution in [3.8, 4) is 11.3 Å². The zero-order chi connectivity index (χ0) is 13.2. The summed E-state index contributed by atoms with van der Waals surface area (Å²) in [7, 11) is 0. The molecule has 0 aliphatic carbocycles. The summed E-state index contributed by atoms with van der Waals surface area (Å²) in [5.74, 6) is -0.848. The summed E-state index contributed by atoms with van der Waals surface area (Å²) in [6.07, 6.45) is -0.0184. The summed E-state index contributed by atoms with van der Waals surface area (Å²) < 4.78 is 0. The maximum absolute atomic E-state index is 10.7. The third-order valence-electron chi connectivity index (χ3n) is 2.92. The van der Waals surface area contributed by atoms with E-state index in [1.54, 1.807) is 0 Å². The Labute approximate surface area is 114 Å². The molecule has 0 fully saturated rings. The largest absolute Gasteiger partial charge is 0.481 e. The number of carboxylic acids is 1. The fourth-order valence-electron chi connectivity index (χ4n) is 2.09. The maximum atomic E-state index is 10.7. The standard InChI is InChI=1S/C15H11NO2S/c17-15(18)8-14-16-13(9-19-14)12-7-3-5-10-4-1-2-6-11(10)12/h1-7,9H,8H2,(H,17,18). The molecule has 19 heavy (non-hydrogen) atoms. The van der Waals surface area contributed by atoms with E-state index in [1.165, 1.54) is 11.3 Å². The maximum Gasteiger partial charge on any atom is 0.310 e. The minimum Gasteiger partial charge on any atom is -0.481 e. The van der Waals surface area contributed by atoms with Crippen molar-refractivity contribution in [2.75, 3.05) is 0 Å². The number of aromatic nitrogens is 1. The molecule has 0 atom stereocenters. The fourth-order valence-corrected chi connectivity index (χ4v) is 2.88. The van der Waals surface area contributed by atoms with Crippen molar-refractivity contribution in [2.24, 2.45) is 0 Å². The number of thiazole rings is 1. The first-order chi connectivity index (χ1) is 9.24. The van der Waals surface area contributed by atoms with Crippen molar-refractivity contribution in [3.05, 3.63) is 52.9 Å². The molecule has 0 saturated heterocycles. The van der Waals surface area contributed by atoms with E-state index in [9.17, 15) is 4.79 Å². The van der Waals surface area contributed by atoms with Crippen LogP contribution in [0.25, 0.3) is 22.0 Å². The van der Waals surface area contributed by atoms with Gasteiger partial charge in [-0.25, -0.2) is 4.98 Å². The number of carboxylic acid groups (broad SMARTS) is 1. The molecular weight excluding hydrogens is 258 g/mol. The van der Waals surface area contributed by atoms with Gasteiger partial charge in [0.1, 0.15) is 5.01 Å². The highest BCUT2D eigenvalue weighted by atomic mass is 32.1. The Morgan fingerprint density at radius 3 is 2.79 bits per heavy atom. The zero-order valence-corrected chi connectivity index (χ0v) is 10.9. The second-order valence-corrected chi connectivity index (χ2v) is 5.17. The van der Waals surface area contributed by atoms with Crippen LogP contribution in [0, 0.1) is 0 Å². The lowest BCUT2D eigenvalue weighted by atomic mass is 10.0. The van der Waals surface area contributed by atoms with Crippen molar-refractivity contribution in [1.82, 2.24) is 4.98 Å². The van der Waals surface area contributed by atoms with Crippen LogP contribution in [0.1, 0.15) is 5.01 Å². The Kier molecular flexibility index (Phi) is 3.01. The lowest BCUT2D eigenvalue weighted by Crippen LogP contribution is -1.99. The Hall–Kier alpha value is -2.20. The van der Waals surface area contributed by atoms with Gasteiger partial charge >= 0.3 is 5.97 Å². The molecule has 1 aromatic heterocycles. The van der Waals surface area contributed by atoms with Gasteiger partial charge in [0, 0.05) is 10.9 Å². The van der Waals surface area contributed by atoms with Gasteiger partial charge in [-0.3, -0.25) is 4.79 Å². The van der Waals surface area contributed by atoms with E-state index in [1.807, 2.05) is 29.6 Å². The van der Waals surface area contributed by atoms with Crippen molar-refractivity contribution >= 4 is 28.1 Å². The molecule has 0 spiro atoms. The number of aliphatic carboxylic acids is 1. The Morgan fingerprint density at radius 1 is 1.16 bits per heavy atom. The van der Waals surface area contributed by atoms with Crippen LogP contribution >= 0.6 is 11.3 Å². The quantitative estimate of drug-likeness (QED) is 0.790. The van der Waals surface area contributed by atoms with E-state index in [-0.39, 0.29) is 6.42 Å². The van der Waals surface area contributed by atoms with Gasteiger partial charge in [0.15, 0.2) is 0 Å². The molecule has 1 heterocycles. The minimum atomic E-state index is -0.848. The van der Waals surface area contributed by atoms with Crippen LogP contribution in [0.2, 0.25) is 0 Å². The number of carbonyl (C=O) groups is 1. The van der Waals surface area contributed by atoms with E-state index in [0.29, 0.717) is 5.01 Å². The van der Waals surface area contributed by atoms with Gasteiger partial charge in [-0.05, 0) is 10.8 Å².